The normalized spacial score (nSPS) is 15.0. The Labute approximate surface area is 158 Å². The molecule has 144 valence electrons. The summed E-state index contributed by atoms with van der Waals surface area (Å²) in [5.74, 6) is 2.80. The summed E-state index contributed by atoms with van der Waals surface area (Å²) in [6.45, 7) is 0.749. The smallest absolute Gasteiger partial charge is 0.224 e. The van der Waals surface area contributed by atoms with Gasteiger partial charge in [-0.25, -0.2) is 0 Å². The molecule has 0 spiro atoms. The summed E-state index contributed by atoms with van der Waals surface area (Å²) >= 11 is 0. The third-order valence-electron chi connectivity index (χ3n) is 4.18. The second-order valence-electron chi connectivity index (χ2n) is 6.01. The molecule has 3 rings (SSSR count). The number of amides is 1. The number of nitrogens with one attached hydrogen (secondary N) is 1. The summed E-state index contributed by atoms with van der Waals surface area (Å²) in [7, 11) is 4.62. The minimum absolute atomic E-state index is 0.133. The van der Waals surface area contributed by atoms with Crippen molar-refractivity contribution < 1.29 is 28.5 Å². The standard InChI is InChI=1S/C20H23NO6/c1-23-17-8-13(9-18(24-2)20(17)25-3)10-19(22)21-11-14-12-26-15-6-4-5-7-16(15)27-14/h4-9,14H,10-12H2,1-3H3,(H,21,22)/t14-/m0/s1. The lowest BCUT2D eigenvalue weighted by Crippen LogP contribution is -2.41. The third kappa shape index (κ3) is 4.36. The Morgan fingerprint density at radius 2 is 1.74 bits per heavy atom. The van der Waals surface area contributed by atoms with Crippen molar-refractivity contribution in [3.05, 3.63) is 42.0 Å². The molecule has 2 aromatic carbocycles. The minimum atomic E-state index is -0.233. The van der Waals surface area contributed by atoms with Crippen LogP contribution in [-0.4, -0.2) is 46.5 Å². The van der Waals surface area contributed by atoms with Gasteiger partial charge in [0.05, 0.1) is 34.3 Å². The zero-order valence-corrected chi connectivity index (χ0v) is 15.6. The molecular formula is C20H23NO6. The molecule has 27 heavy (non-hydrogen) atoms. The van der Waals surface area contributed by atoms with Crippen molar-refractivity contribution in [1.82, 2.24) is 5.32 Å². The van der Waals surface area contributed by atoms with Gasteiger partial charge in [-0.3, -0.25) is 4.79 Å². The molecular weight excluding hydrogens is 350 g/mol. The molecule has 0 saturated carbocycles. The van der Waals surface area contributed by atoms with Crippen molar-refractivity contribution in [2.45, 2.75) is 12.5 Å². The number of fused-ring (bicyclic) bond motifs is 1. The third-order valence-corrected chi connectivity index (χ3v) is 4.18. The van der Waals surface area contributed by atoms with Crippen LogP contribution in [0.2, 0.25) is 0 Å². The van der Waals surface area contributed by atoms with E-state index in [0.29, 0.717) is 36.1 Å². The molecule has 1 aliphatic heterocycles. The number of hydrogen-bond donors (Lipinski definition) is 1. The number of carbonyl (C=O) groups excluding carboxylic acids is 1. The van der Waals surface area contributed by atoms with E-state index in [1.807, 2.05) is 24.3 Å². The molecule has 1 atom stereocenters. The topological polar surface area (TPSA) is 75.3 Å². The van der Waals surface area contributed by atoms with Crippen molar-refractivity contribution in [3.63, 3.8) is 0 Å². The van der Waals surface area contributed by atoms with Gasteiger partial charge in [-0.05, 0) is 29.8 Å². The minimum Gasteiger partial charge on any atom is -0.493 e. The van der Waals surface area contributed by atoms with E-state index in [9.17, 15) is 4.79 Å². The molecule has 1 aliphatic rings. The van der Waals surface area contributed by atoms with Crippen LogP contribution in [0, 0.1) is 0 Å². The Morgan fingerprint density at radius 1 is 1.07 bits per heavy atom. The van der Waals surface area contributed by atoms with Gasteiger partial charge in [-0.1, -0.05) is 12.1 Å². The van der Waals surface area contributed by atoms with Gasteiger partial charge in [0.1, 0.15) is 12.7 Å². The fraction of sp³-hybridized carbons (Fsp3) is 0.350. The van der Waals surface area contributed by atoms with E-state index in [1.165, 1.54) is 7.11 Å². The van der Waals surface area contributed by atoms with Gasteiger partial charge >= 0.3 is 0 Å². The van der Waals surface area contributed by atoms with E-state index in [2.05, 4.69) is 5.32 Å². The Bertz CT molecular complexity index is 782. The molecule has 2 aromatic rings. The van der Waals surface area contributed by atoms with Crippen LogP contribution in [0.15, 0.2) is 36.4 Å². The Hall–Kier alpha value is -3.09. The van der Waals surface area contributed by atoms with E-state index in [0.717, 1.165) is 11.3 Å². The van der Waals surface area contributed by atoms with Crippen LogP contribution < -0.4 is 29.0 Å². The number of benzene rings is 2. The van der Waals surface area contributed by atoms with Gasteiger partial charge in [0.25, 0.3) is 0 Å². The zero-order valence-electron chi connectivity index (χ0n) is 15.6. The van der Waals surface area contributed by atoms with Gasteiger partial charge in [-0.15, -0.1) is 0 Å². The Balaban J connectivity index is 1.58. The molecule has 0 aliphatic carbocycles. The van der Waals surface area contributed by atoms with E-state index >= 15 is 0 Å². The van der Waals surface area contributed by atoms with Crippen molar-refractivity contribution in [2.24, 2.45) is 0 Å². The first-order valence-electron chi connectivity index (χ1n) is 8.58. The molecule has 1 heterocycles. The van der Waals surface area contributed by atoms with Gasteiger partial charge in [0.15, 0.2) is 23.0 Å². The maximum absolute atomic E-state index is 12.3. The lowest BCUT2D eigenvalue weighted by molar-refractivity contribution is -0.120. The molecule has 0 bridgehead atoms. The van der Waals surface area contributed by atoms with Gasteiger partial charge < -0.3 is 29.0 Å². The summed E-state index contributed by atoms with van der Waals surface area (Å²) in [6.07, 6.45) is -0.0512. The number of carbonyl (C=O) groups is 1. The van der Waals surface area contributed by atoms with E-state index < -0.39 is 0 Å². The first kappa shape index (κ1) is 18.7. The highest BCUT2D eigenvalue weighted by Crippen LogP contribution is 2.38. The molecule has 7 heteroatoms. The predicted octanol–water partition coefficient (Wildman–Crippen LogP) is 2.21. The summed E-state index contributed by atoms with van der Waals surface area (Å²) in [6, 6.07) is 11.0. The van der Waals surface area contributed by atoms with Gasteiger partial charge in [-0.2, -0.15) is 0 Å². The number of para-hydroxylation sites is 2. The average Bonchev–Trinajstić information content (AvgIpc) is 2.71. The van der Waals surface area contributed by atoms with Crippen LogP contribution in [0.25, 0.3) is 0 Å². The lowest BCUT2D eigenvalue weighted by Gasteiger charge is -2.26. The van der Waals surface area contributed by atoms with Crippen LogP contribution >= 0.6 is 0 Å². The molecule has 0 radical (unpaired) electrons. The summed E-state index contributed by atoms with van der Waals surface area (Å²) < 4.78 is 27.4. The van der Waals surface area contributed by atoms with Crippen LogP contribution in [0.1, 0.15) is 5.56 Å². The number of methoxy groups -OCH3 is 3. The number of rotatable bonds is 7. The maximum atomic E-state index is 12.3. The number of hydrogen-bond acceptors (Lipinski definition) is 6. The summed E-state index contributed by atoms with van der Waals surface area (Å²) in [4.78, 5) is 12.3. The van der Waals surface area contributed by atoms with Crippen molar-refractivity contribution in [2.75, 3.05) is 34.5 Å². The molecule has 1 amide bonds. The Kier molecular flexibility index (Phi) is 5.90. The number of ether oxygens (including phenoxy) is 5. The highest BCUT2D eigenvalue weighted by Gasteiger charge is 2.21. The van der Waals surface area contributed by atoms with E-state index in [-0.39, 0.29) is 18.4 Å². The fourth-order valence-electron chi connectivity index (χ4n) is 2.88. The molecule has 7 nitrogen and oxygen atoms in total. The van der Waals surface area contributed by atoms with Crippen LogP contribution in [-0.2, 0) is 11.2 Å². The van der Waals surface area contributed by atoms with Crippen LogP contribution in [0.5, 0.6) is 28.7 Å². The zero-order chi connectivity index (χ0) is 19.2. The van der Waals surface area contributed by atoms with Gasteiger partial charge in [0, 0.05) is 0 Å². The first-order valence-corrected chi connectivity index (χ1v) is 8.58. The quantitative estimate of drug-likeness (QED) is 0.802. The second-order valence-corrected chi connectivity index (χ2v) is 6.01. The summed E-state index contributed by atoms with van der Waals surface area (Å²) in [5.41, 5.74) is 0.758. The highest BCUT2D eigenvalue weighted by molar-refractivity contribution is 5.79. The monoisotopic (exact) mass is 373 g/mol. The van der Waals surface area contributed by atoms with Crippen LogP contribution in [0.4, 0.5) is 0 Å². The second kappa shape index (κ2) is 8.53. The molecule has 0 fully saturated rings. The Morgan fingerprint density at radius 3 is 2.37 bits per heavy atom. The summed E-state index contributed by atoms with van der Waals surface area (Å²) in [5, 5.41) is 2.88. The maximum Gasteiger partial charge on any atom is 0.224 e. The van der Waals surface area contributed by atoms with E-state index in [4.69, 9.17) is 23.7 Å². The largest absolute Gasteiger partial charge is 0.493 e. The lowest BCUT2D eigenvalue weighted by atomic mass is 10.1. The van der Waals surface area contributed by atoms with Crippen LogP contribution in [0.3, 0.4) is 0 Å². The molecule has 0 aromatic heterocycles. The average molecular weight is 373 g/mol. The highest BCUT2D eigenvalue weighted by atomic mass is 16.6. The fourth-order valence-corrected chi connectivity index (χ4v) is 2.88. The molecule has 1 N–H and O–H groups in total. The molecule has 0 saturated heterocycles. The molecule has 0 unspecified atom stereocenters. The van der Waals surface area contributed by atoms with E-state index in [1.54, 1.807) is 26.4 Å². The van der Waals surface area contributed by atoms with Crippen molar-refractivity contribution >= 4 is 5.91 Å². The van der Waals surface area contributed by atoms with Gasteiger partial charge in [0.2, 0.25) is 11.7 Å². The van der Waals surface area contributed by atoms with Crippen molar-refractivity contribution in [1.29, 1.82) is 0 Å². The predicted molar refractivity (Wildman–Crippen MR) is 99.2 cm³/mol. The first-order chi connectivity index (χ1) is 13.1. The van der Waals surface area contributed by atoms with Crippen molar-refractivity contribution in [3.8, 4) is 28.7 Å². The SMILES string of the molecule is COc1cc(CC(=O)NC[C@H]2COc3ccccc3O2)cc(OC)c1OC.